The first-order valence-electron chi connectivity index (χ1n) is 14.8. The number of hydrogen-bond acceptors (Lipinski definition) is 15. The van der Waals surface area contributed by atoms with Crippen LogP contribution in [-0.4, -0.2) is 116 Å². The van der Waals surface area contributed by atoms with Crippen molar-refractivity contribution in [2.75, 3.05) is 26.4 Å². The molecule has 47 heavy (non-hydrogen) atoms. The van der Waals surface area contributed by atoms with Gasteiger partial charge in [0.15, 0.2) is 17.8 Å². The number of phenolic OH excluding ortho intramolecular Hbond substituents is 3. The molecule has 4 rings (SSSR count). The lowest BCUT2D eigenvalue weighted by molar-refractivity contribution is -0.327. The number of benzene rings is 2. The van der Waals surface area contributed by atoms with Crippen molar-refractivity contribution in [3.05, 3.63) is 77.1 Å². The van der Waals surface area contributed by atoms with E-state index in [1.165, 1.54) is 36.4 Å². The summed E-state index contributed by atoms with van der Waals surface area (Å²) in [5.41, 5.74) is 1.27. The maximum absolute atomic E-state index is 13.3. The third-order valence-electron chi connectivity index (χ3n) is 7.66. The molecule has 0 aromatic heterocycles. The van der Waals surface area contributed by atoms with Crippen molar-refractivity contribution in [2.24, 2.45) is 5.92 Å². The lowest BCUT2D eigenvalue weighted by Gasteiger charge is -2.42. The molecule has 1 fully saturated rings. The highest BCUT2D eigenvalue weighted by Gasteiger charge is 2.47. The first-order chi connectivity index (χ1) is 22.5. The molecule has 0 aliphatic carbocycles. The van der Waals surface area contributed by atoms with Crippen LogP contribution < -0.4 is 0 Å². The van der Waals surface area contributed by atoms with E-state index in [1.54, 1.807) is 12.1 Å². The number of carbonyl (C=O) groups excluding carboxylic acids is 2. The maximum Gasteiger partial charge on any atom is 0.337 e. The van der Waals surface area contributed by atoms with Gasteiger partial charge in [-0.15, -0.1) is 0 Å². The lowest BCUT2D eigenvalue weighted by atomic mass is 9.86. The van der Waals surface area contributed by atoms with Crippen LogP contribution in [0.4, 0.5) is 0 Å². The quantitative estimate of drug-likeness (QED) is 0.0777. The molecule has 0 amide bonds. The van der Waals surface area contributed by atoms with Crippen molar-refractivity contribution < 1.29 is 74.1 Å². The van der Waals surface area contributed by atoms with Gasteiger partial charge in [0, 0.05) is 24.3 Å². The Kier molecular flexibility index (Phi) is 12.6. The summed E-state index contributed by atoms with van der Waals surface area (Å²) in [5, 5.41) is 78.8. The summed E-state index contributed by atoms with van der Waals surface area (Å²) in [4.78, 5) is 26.3. The molecular weight excluding hydrogens is 624 g/mol. The Labute approximate surface area is 269 Å². The average molecular weight is 663 g/mol. The molecule has 2 aliphatic heterocycles. The fourth-order valence-corrected chi connectivity index (χ4v) is 5.05. The number of carbonyl (C=O) groups is 2. The Balaban J connectivity index is 1.51. The highest BCUT2D eigenvalue weighted by Crippen LogP contribution is 2.36. The first-order valence-corrected chi connectivity index (χ1v) is 14.8. The van der Waals surface area contributed by atoms with Crippen LogP contribution in [-0.2, 0) is 46.1 Å². The minimum atomic E-state index is -1.79. The van der Waals surface area contributed by atoms with Crippen LogP contribution in [0, 0.1) is 5.92 Å². The van der Waals surface area contributed by atoms with Crippen LogP contribution in [0.1, 0.15) is 17.5 Å². The van der Waals surface area contributed by atoms with E-state index >= 15 is 0 Å². The Hall–Kier alpha value is -4.22. The summed E-state index contributed by atoms with van der Waals surface area (Å²) in [6, 6.07) is 10.5. The Bertz CT molecular complexity index is 1420. The number of aromatic hydroxyl groups is 3. The predicted octanol–water partition coefficient (Wildman–Crippen LogP) is -0.343. The summed E-state index contributed by atoms with van der Waals surface area (Å²) in [6.45, 7) is -1.49. The van der Waals surface area contributed by atoms with E-state index < -0.39 is 74.5 Å². The molecule has 2 aliphatic rings. The molecule has 2 aromatic carbocycles. The van der Waals surface area contributed by atoms with Crippen LogP contribution >= 0.6 is 0 Å². The molecule has 0 unspecified atom stereocenters. The second-order valence-corrected chi connectivity index (χ2v) is 10.9. The second-order valence-electron chi connectivity index (χ2n) is 10.9. The van der Waals surface area contributed by atoms with Gasteiger partial charge in [0.1, 0.15) is 30.2 Å². The van der Waals surface area contributed by atoms with Gasteiger partial charge in [0.25, 0.3) is 0 Å². The number of hydrogen-bond donors (Lipinski definition) is 8. The number of phenols is 3. The third kappa shape index (κ3) is 9.20. The highest BCUT2D eigenvalue weighted by atomic mass is 16.8. The maximum atomic E-state index is 13.3. The fourth-order valence-electron chi connectivity index (χ4n) is 5.05. The second kappa shape index (κ2) is 16.6. The van der Waals surface area contributed by atoms with E-state index in [1.807, 2.05) is 0 Å². The minimum Gasteiger partial charge on any atom is -0.508 e. The van der Waals surface area contributed by atoms with Crippen LogP contribution in [0.15, 0.2) is 65.9 Å². The van der Waals surface area contributed by atoms with E-state index in [0.717, 1.165) is 11.8 Å². The van der Waals surface area contributed by atoms with Gasteiger partial charge in [-0.3, -0.25) is 4.79 Å². The summed E-state index contributed by atoms with van der Waals surface area (Å²) >= 11 is 0. The molecule has 2 aromatic rings. The van der Waals surface area contributed by atoms with Gasteiger partial charge < -0.3 is 64.5 Å². The molecule has 256 valence electrons. The number of aliphatic hydroxyl groups is 5. The van der Waals surface area contributed by atoms with Crippen molar-refractivity contribution >= 4 is 11.9 Å². The summed E-state index contributed by atoms with van der Waals surface area (Å²) < 4.78 is 27.6. The van der Waals surface area contributed by atoms with Gasteiger partial charge in [-0.1, -0.05) is 24.3 Å². The molecule has 15 nitrogen and oxygen atoms in total. The van der Waals surface area contributed by atoms with Crippen LogP contribution in [0.3, 0.4) is 0 Å². The number of rotatable bonds is 13. The van der Waals surface area contributed by atoms with Gasteiger partial charge in [-0.2, -0.15) is 0 Å². The van der Waals surface area contributed by atoms with Gasteiger partial charge in [0.05, 0.1) is 44.7 Å². The van der Waals surface area contributed by atoms with Gasteiger partial charge in [-0.05, 0) is 35.4 Å². The number of aliphatic hydroxyl groups excluding tert-OH is 5. The van der Waals surface area contributed by atoms with E-state index in [0.29, 0.717) is 12.0 Å². The smallest absolute Gasteiger partial charge is 0.337 e. The van der Waals surface area contributed by atoms with Crippen molar-refractivity contribution in [2.45, 2.75) is 56.3 Å². The van der Waals surface area contributed by atoms with Gasteiger partial charge in [-0.25, -0.2) is 4.79 Å². The molecule has 0 spiro atoms. The molecule has 0 bridgehead atoms. The van der Waals surface area contributed by atoms with E-state index in [-0.39, 0.29) is 48.0 Å². The van der Waals surface area contributed by atoms with Crippen LogP contribution in [0.2, 0.25) is 0 Å². The molecule has 0 saturated carbocycles. The summed E-state index contributed by atoms with van der Waals surface area (Å²) in [7, 11) is 0. The summed E-state index contributed by atoms with van der Waals surface area (Å²) in [6.07, 6.45) is -7.32. The molecular formula is C32H38O15. The molecule has 1 saturated heterocycles. The fraction of sp³-hybridized carbons (Fsp3) is 0.438. The normalized spacial score (nSPS) is 26.7. The van der Waals surface area contributed by atoms with Gasteiger partial charge >= 0.3 is 11.9 Å². The van der Waals surface area contributed by atoms with E-state index in [2.05, 4.69) is 0 Å². The zero-order valence-electron chi connectivity index (χ0n) is 25.1. The Morgan fingerprint density at radius 3 is 2.19 bits per heavy atom. The van der Waals surface area contributed by atoms with Crippen LogP contribution in [0.5, 0.6) is 17.2 Å². The molecule has 8 N–H and O–H groups in total. The average Bonchev–Trinajstić information content (AvgIpc) is 3.05. The SMILES string of the molecule is O=C(C[C@H]1C(C(=O)OCCc2ccc(O)c(O)c2)=CO[C@@H](O[C@H]2O[C@H](CO)[C@@H](O)[C@H](O)[C@H]2O)C1=CCO)OCCc1ccc(O)cc1. The Morgan fingerprint density at radius 2 is 1.51 bits per heavy atom. The molecule has 2 heterocycles. The van der Waals surface area contributed by atoms with Crippen molar-refractivity contribution in [1.82, 2.24) is 0 Å². The van der Waals surface area contributed by atoms with Crippen LogP contribution in [0.25, 0.3) is 0 Å². The Morgan fingerprint density at radius 1 is 0.830 bits per heavy atom. The monoisotopic (exact) mass is 662 g/mol. The van der Waals surface area contributed by atoms with Crippen molar-refractivity contribution in [1.29, 1.82) is 0 Å². The zero-order valence-corrected chi connectivity index (χ0v) is 25.1. The van der Waals surface area contributed by atoms with E-state index in [4.69, 9.17) is 23.7 Å². The number of ether oxygens (including phenoxy) is 5. The predicted molar refractivity (Wildman–Crippen MR) is 158 cm³/mol. The van der Waals surface area contributed by atoms with Gasteiger partial charge in [0.2, 0.25) is 6.29 Å². The van der Waals surface area contributed by atoms with Crippen molar-refractivity contribution in [3.63, 3.8) is 0 Å². The topological polar surface area (TPSA) is 242 Å². The highest BCUT2D eigenvalue weighted by molar-refractivity contribution is 5.91. The largest absolute Gasteiger partial charge is 0.508 e. The number of esters is 2. The lowest BCUT2D eigenvalue weighted by Crippen LogP contribution is -2.60. The molecule has 0 radical (unpaired) electrons. The summed E-state index contributed by atoms with van der Waals surface area (Å²) in [5.74, 6) is -3.31. The minimum absolute atomic E-state index is 0.0281. The molecule has 15 heteroatoms. The molecule has 7 atom stereocenters. The zero-order chi connectivity index (χ0) is 34.1. The van der Waals surface area contributed by atoms with Crippen molar-refractivity contribution in [3.8, 4) is 17.2 Å². The first kappa shape index (κ1) is 35.6. The third-order valence-corrected chi connectivity index (χ3v) is 7.66. The standard InChI is InChI=1S/C32H38O15/c33-10-7-20-21(14-26(38)43-11-8-17-1-4-19(35)5-2-17)22(30(42)44-12-9-18-3-6-23(36)24(37)13-18)16-45-31(20)47-32-29(41)28(40)27(39)25(15-34)46-32/h1-7,13,16,21,25,27-29,31-37,39-41H,8-12,14-15H2/t21-,25-,27-,28+,29-,31+,32-/m1/s1. The van der Waals surface area contributed by atoms with E-state index in [9.17, 15) is 50.4 Å².